The molecule has 5 heteroatoms. The molecule has 1 N–H and O–H groups in total. The van der Waals surface area contributed by atoms with Crippen molar-refractivity contribution in [3.8, 4) is 0 Å². The highest BCUT2D eigenvalue weighted by molar-refractivity contribution is 7.09. The van der Waals surface area contributed by atoms with E-state index in [1.807, 2.05) is 5.38 Å². The highest BCUT2D eigenvalue weighted by Gasteiger charge is 2.17. The first-order valence-corrected chi connectivity index (χ1v) is 7.89. The van der Waals surface area contributed by atoms with Crippen LogP contribution in [0.4, 0.5) is 4.39 Å². The van der Waals surface area contributed by atoms with Crippen LogP contribution in [-0.4, -0.2) is 10.9 Å². The number of nitrogens with one attached hydrogen (secondary N) is 1. The molecular weight excluding hydrogens is 299 g/mol. The van der Waals surface area contributed by atoms with Gasteiger partial charge in [-0.2, -0.15) is 0 Å². The average molecular weight is 318 g/mol. The second kappa shape index (κ2) is 6.83. The molecule has 0 saturated carbocycles. The molecule has 0 unspecified atom stereocenters. The van der Waals surface area contributed by atoms with Crippen LogP contribution in [0.1, 0.15) is 37.0 Å². The first-order chi connectivity index (χ1) is 10.3. The van der Waals surface area contributed by atoms with Crippen molar-refractivity contribution >= 4 is 23.3 Å². The van der Waals surface area contributed by atoms with Crippen molar-refractivity contribution in [2.24, 2.45) is 0 Å². The lowest BCUT2D eigenvalue weighted by atomic mass is 9.93. The molecule has 0 atom stereocenters. The van der Waals surface area contributed by atoms with Crippen LogP contribution in [0.2, 0.25) is 0 Å². The van der Waals surface area contributed by atoms with Crippen LogP contribution in [0.5, 0.6) is 0 Å². The molecule has 1 heterocycles. The fourth-order valence-electron chi connectivity index (χ4n) is 1.74. The zero-order chi connectivity index (χ0) is 16.2. The normalized spacial score (nSPS) is 11.8. The monoisotopic (exact) mass is 318 g/mol. The standard InChI is InChI=1S/C17H19FN2OS/c1-17(2,3)14-11-22-16(20-14)10-19-15(21)8-7-12-5-4-6-13(18)9-12/h4-9,11H,10H2,1-3H3,(H,19,21). The maximum Gasteiger partial charge on any atom is 0.244 e. The van der Waals surface area contributed by atoms with Crippen molar-refractivity contribution < 1.29 is 9.18 Å². The van der Waals surface area contributed by atoms with Crippen LogP contribution in [0.25, 0.3) is 6.08 Å². The third kappa shape index (κ3) is 4.77. The van der Waals surface area contributed by atoms with Gasteiger partial charge in [0, 0.05) is 16.9 Å². The van der Waals surface area contributed by atoms with Crippen molar-refractivity contribution in [1.29, 1.82) is 0 Å². The third-order valence-corrected chi connectivity index (χ3v) is 3.86. The van der Waals surface area contributed by atoms with Gasteiger partial charge in [-0.05, 0) is 23.8 Å². The van der Waals surface area contributed by atoms with Gasteiger partial charge in [-0.1, -0.05) is 32.9 Å². The number of halogens is 1. The number of carbonyl (C=O) groups is 1. The van der Waals surface area contributed by atoms with E-state index in [9.17, 15) is 9.18 Å². The maximum absolute atomic E-state index is 13.0. The van der Waals surface area contributed by atoms with Gasteiger partial charge in [0.15, 0.2) is 0 Å². The molecule has 0 radical (unpaired) electrons. The molecule has 1 amide bonds. The highest BCUT2D eigenvalue weighted by Crippen LogP contribution is 2.23. The summed E-state index contributed by atoms with van der Waals surface area (Å²) in [4.78, 5) is 16.3. The Bertz CT molecular complexity index is 686. The van der Waals surface area contributed by atoms with Gasteiger partial charge >= 0.3 is 0 Å². The van der Waals surface area contributed by atoms with Gasteiger partial charge in [0.05, 0.1) is 12.2 Å². The molecule has 0 saturated heterocycles. The zero-order valence-electron chi connectivity index (χ0n) is 12.9. The largest absolute Gasteiger partial charge is 0.346 e. The lowest BCUT2D eigenvalue weighted by Gasteiger charge is -2.14. The lowest BCUT2D eigenvalue weighted by molar-refractivity contribution is -0.116. The van der Waals surface area contributed by atoms with E-state index < -0.39 is 0 Å². The number of carbonyl (C=O) groups excluding carboxylic acids is 1. The molecule has 116 valence electrons. The van der Waals surface area contributed by atoms with Gasteiger partial charge in [0.1, 0.15) is 10.8 Å². The molecule has 3 nitrogen and oxygen atoms in total. The zero-order valence-corrected chi connectivity index (χ0v) is 13.7. The van der Waals surface area contributed by atoms with Crippen LogP contribution in [-0.2, 0) is 16.8 Å². The molecule has 0 aliphatic heterocycles. The van der Waals surface area contributed by atoms with Crippen LogP contribution in [0.15, 0.2) is 35.7 Å². The van der Waals surface area contributed by atoms with Gasteiger partial charge in [-0.3, -0.25) is 4.79 Å². The van der Waals surface area contributed by atoms with Crippen molar-refractivity contribution in [3.05, 3.63) is 57.8 Å². The third-order valence-electron chi connectivity index (χ3n) is 3.01. The topological polar surface area (TPSA) is 42.0 Å². The molecule has 0 aliphatic rings. The first-order valence-electron chi connectivity index (χ1n) is 7.01. The van der Waals surface area contributed by atoms with Gasteiger partial charge in [0.2, 0.25) is 5.91 Å². The van der Waals surface area contributed by atoms with Gasteiger partial charge in [-0.15, -0.1) is 11.3 Å². The molecule has 0 fully saturated rings. The number of thiazole rings is 1. The van der Waals surface area contributed by atoms with Crippen LogP contribution in [0.3, 0.4) is 0 Å². The fraction of sp³-hybridized carbons (Fsp3) is 0.294. The van der Waals surface area contributed by atoms with E-state index in [4.69, 9.17) is 0 Å². The molecule has 2 aromatic rings. The number of amides is 1. The van der Waals surface area contributed by atoms with E-state index in [0.29, 0.717) is 12.1 Å². The smallest absolute Gasteiger partial charge is 0.244 e. The molecule has 0 spiro atoms. The summed E-state index contributed by atoms with van der Waals surface area (Å²) in [6.45, 7) is 6.71. The van der Waals surface area contributed by atoms with Gasteiger partial charge < -0.3 is 5.32 Å². The molecule has 0 bridgehead atoms. The van der Waals surface area contributed by atoms with E-state index in [1.165, 1.54) is 29.5 Å². The number of aromatic nitrogens is 1. The van der Waals surface area contributed by atoms with Crippen LogP contribution in [0, 0.1) is 5.82 Å². The summed E-state index contributed by atoms with van der Waals surface area (Å²) in [6, 6.07) is 6.09. The Kier molecular flexibility index (Phi) is 5.08. The summed E-state index contributed by atoms with van der Waals surface area (Å²) in [5.41, 5.74) is 1.69. The molecule has 1 aromatic carbocycles. The summed E-state index contributed by atoms with van der Waals surface area (Å²) >= 11 is 1.54. The Morgan fingerprint density at radius 2 is 2.18 bits per heavy atom. The van der Waals surface area contributed by atoms with E-state index in [2.05, 4.69) is 31.1 Å². The van der Waals surface area contributed by atoms with E-state index in [0.717, 1.165) is 10.7 Å². The Morgan fingerprint density at radius 1 is 1.41 bits per heavy atom. The number of nitrogens with zero attached hydrogens (tertiary/aromatic N) is 1. The summed E-state index contributed by atoms with van der Waals surface area (Å²) < 4.78 is 13.0. The highest BCUT2D eigenvalue weighted by atomic mass is 32.1. The van der Waals surface area contributed by atoms with Gasteiger partial charge in [-0.25, -0.2) is 9.37 Å². The van der Waals surface area contributed by atoms with E-state index in [1.54, 1.807) is 18.2 Å². The Hall–Kier alpha value is -2.01. The van der Waals surface area contributed by atoms with E-state index >= 15 is 0 Å². The number of rotatable bonds is 4. The molecule has 0 aliphatic carbocycles. The molecule has 22 heavy (non-hydrogen) atoms. The lowest BCUT2D eigenvalue weighted by Crippen LogP contribution is -2.20. The second-order valence-electron chi connectivity index (χ2n) is 5.98. The Morgan fingerprint density at radius 3 is 2.82 bits per heavy atom. The predicted molar refractivity (Wildman–Crippen MR) is 88.1 cm³/mol. The summed E-state index contributed by atoms with van der Waals surface area (Å²) in [7, 11) is 0. The van der Waals surface area contributed by atoms with Crippen molar-refractivity contribution in [1.82, 2.24) is 10.3 Å². The second-order valence-corrected chi connectivity index (χ2v) is 6.93. The average Bonchev–Trinajstić information content (AvgIpc) is 2.92. The van der Waals surface area contributed by atoms with Crippen LogP contribution < -0.4 is 5.32 Å². The van der Waals surface area contributed by atoms with Crippen molar-refractivity contribution in [2.45, 2.75) is 32.7 Å². The maximum atomic E-state index is 13.0. The Balaban J connectivity index is 1.89. The number of hydrogen-bond acceptors (Lipinski definition) is 3. The van der Waals surface area contributed by atoms with E-state index in [-0.39, 0.29) is 17.1 Å². The Labute approximate surface area is 133 Å². The molecule has 1 aromatic heterocycles. The van der Waals surface area contributed by atoms with Crippen LogP contribution >= 0.6 is 11.3 Å². The van der Waals surface area contributed by atoms with Gasteiger partial charge in [0.25, 0.3) is 0 Å². The van der Waals surface area contributed by atoms with Crippen molar-refractivity contribution in [2.75, 3.05) is 0 Å². The fourth-order valence-corrected chi connectivity index (χ4v) is 2.70. The minimum atomic E-state index is -0.319. The quantitative estimate of drug-likeness (QED) is 0.869. The first kappa shape index (κ1) is 16.4. The van der Waals surface area contributed by atoms with Crippen molar-refractivity contribution in [3.63, 3.8) is 0 Å². The summed E-state index contributed by atoms with van der Waals surface area (Å²) in [5, 5.41) is 5.67. The molecule has 2 rings (SSSR count). The minimum Gasteiger partial charge on any atom is -0.346 e. The SMILES string of the molecule is CC(C)(C)c1csc(CNC(=O)C=Cc2cccc(F)c2)n1. The molecular formula is C17H19FN2OS. The summed E-state index contributed by atoms with van der Waals surface area (Å²) in [5.74, 6) is -0.545. The number of hydrogen-bond donors (Lipinski definition) is 1. The summed E-state index contributed by atoms with van der Waals surface area (Å²) in [6.07, 6.45) is 2.98. The predicted octanol–water partition coefficient (Wildman–Crippen LogP) is 3.91. The minimum absolute atomic E-state index is 0.00996. The number of benzene rings is 1.